The van der Waals surface area contributed by atoms with E-state index in [0.717, 1.165) is 0 Å². The van der Waals surface area contributed by atoms with Gasteiger partial charge in [0, 0.05) is 6.54 Å². The van der Waals surface area contributed by atoms with Gasteiger partial charge in [0.15, 0.2) is 0 Å². The maximum absolute atomic E-state index is 10.5. The van der Waals surface area contributed by atoms with Gasteiger partial charge in [0.05, 0.1) is 18.7 Å². The topological polar surface area (TPSA) is 60.8 Å². The molecular formula is C10H17NO3. The summed E-state index contributed by atoms with van der Waals surface area (Å²) in [6.45, 7) is 3.88. The first-order valence-electron chi connectivity index (χ1n) is 4.51. The largest absolute Gasteiger partial charge is 0.480 e. The fourth-order valence-corrected chi connectivity index (χ4v) is 1.08. The Morgan fingerprint density at radius 3 is 2.57 bits per heavy atom. The summed E-state index contributed by atoms with van der Waals surface area (Å²) in [4.78, 5) is 12.0. The van der Waals surface area contributed by atoms with Gasteiger partial charge in [-0.2, -0.15) is 0 Å². The van der Waals surface area contributed by atoms with Crippen LogP contribution in [-0.4, -0.2) is 46.3 Å². The molecule has 1 atom stereocenters. The second-order valence-electron chi connectivity index (χ2n) is 3.59. The Hall–Kier alpha value is -1.05. The fraction of sp³-hybridized carbons (Fsp3) is 0.700. The van der Waals surface area contributed by atoms with Crippen LogP contribution in [0.5, 0.6) is 0 Å². The van der Waals surface area contributed by atoms with Gasteiger partial charge in [0.25, 0.3) is 0 Å². The number of carbonyl (C=O) groups is 1. The summed E-state index contributed by atoms with van der Waals surface area (Å²) < 4.78 is 0. The summed E-state index contributed by atoms with van der Waals surface area (Å²) >= 11 is 0. The van der Waals surface area contributed by atoms with Crippen LogP contribution in [0.25, 0.3) is 0 Å². The van der Waals surface area contributed by atoms with Crippen molar-refractivity contribution in [2.24, 2.45) is 0 Å². The number of rotatable bonds is 6. The molecule has 0 aromatic rings. The first kappa shape index (κ1) is 12.9. The smallest absolute Gasteiger partial charge is 0.317 e. The minimum atomic E-state index is -0.938. The van der Waals surface area contributed by atoms with Gasteiger partial charge in [-0.25, -0.2) is 0 Å². The molecule has 0 saturated heterocycles. The zero-order chi connectivity index (χ0) is 11.2. The quantitative estimate of drug-likeness (QED) is 0.598. The summed E-state index contributed by atoms with van der Waals surface area (Å²) in [6, 6.07) is 0. The summed E-state index contributed by atoms with van der Waals surface area (Å²) in [7, 11) is 0. The first-order valence-corrected chi connectivity index (χ1v) is 4.51. The molecule has 4 heteroatoms. The van der Waals surface area contributed by atoms with Crippen molar-refractivity contribution in [2.45, 2.75) is 25.9 Å². The van der Waals surface area contributed by atoms with Crippen molar-refractivity contribution in [3.8, 4) is 12.3 Å². The van der Waals surface area contributed by atoms with Crippen molar-refractivity contribution in [1.82, 2.24) is 4.90 Å². The molecule has 0 amide bonds. The van der Waals surface area contributed by atoms with Gasteiger partial charge in [0.2, 0.25) is 0 Å². The van der Waals surface area contributed by atoms with E-state index in [1.165, 1.54) is 4.90 Å². The number of carboxylic acid groups (broad SMARTS) is 1. The Balaban J connectivity index is 4.23. The second-order valence-corrected chi connectivity index (χ2v) is 3.59. The molecule has 0 aliphatic rings. The Morgan fingerprint density at radius 1 is 1.64 bits per heavy atom. The zero-order valence-corrected chi connectivity index (χ0v) is 8.66. The average Bonchev–Trinajstić information content (AvgIpc) is 2.03. The molecule has 4 nitrogen and oxygen atoms in total. The zero-order valence-electron chi connectivity index (χ0n) is 8.66. The summed E-state index contributed by atoms with van der Waals surface area (Å²) in [5.41, 5.74) is -0.883. The number of terminal acetylenes is 1. The highest BCUT2D eigenvalue weighted by Crippen LogP contribution is 2.10. The molecule has 0 aromatic heterocycles. The number of hydrogen-bond acceptors (Lipinski definition) is 3. The van der Waals surface area contributed by atoms with Crippen LogP contribution in [-0.2, 0) is 4.79 Å². The highest BCUT2D eigenvalue weighted by Gasteiger charge is 2.22. The van der Waals surface area contributed by atoms with Crippen LogP contribution in [0, 0.1) is 12.3 Å². The van der Waals surface area contributed by atoms with Gasteiger partial charge in [-0.1, -0.05) is 12.8 Å². The Morgan fingerprint density at radius 2 is 2.21 bits per heavy atom. The van der Waals surface area contributed by atoms with Crippen LogP contribution >= 0.6 is 0 Å². The number of carboxylic acids is 1. The van der Waals surface area contributed by atoms with Gasteiger partial charge in [0.1, 0.15) is 0 Å². The summed E-state index contributed by atoms with van der Waals surface area (Å²) in [6.07, 6.45) is 5.66. The Bertz CT molecular complexity index is 230. The van der Waals surface area contributed by atoms with E-state index in [1.807, 2.05) is 6.92 Å². The lowest BCUT2D eigenvalue weighted by Gasteiger charge is -2.28. The molecule has 0 aliphatic carbocycles. The minimum Gasteiger partial charge on any atom is -0.480 e. The summed E-state index contributed by atoms with van der Waals surface area (Å²) in [5, 5.41) is 18.3. The third kappa shape index (κ3) is 5.57. The molecule has 0 saturated carbocycles. The average molecular weight is 199 g/mol. The Labute approximate surface area is 84.5 Å². The number of hydrogen-bond donors (Lipinski definition) is 2. The molecule has 0 fully saturated rings. The molecule has 0 rings (SSSR count). The van der Waals surface area contributed by atoms with E-state index in [0.29, 0.717) is 6.42 Å². The van der Waals surface area contributed by atoms with Crippen LogP contribution in [0.3, 0.4) is 0 Å². The Kier molecular flexibility index (Phi) is 5.21. The molecule has 0 radical (unpaired) electrons. The van der Waals surface area contributed by atoms with Gasteiger partial charge in [-0.15, -0.1) is 6.42 Å². The van der Waals surface area contributed by atoms with E-state index >= 15 is 0 Å². The van der Waals surface area contributed by atoms with Crippen molar-refractivity contribution in [3.05, 3.63) is 0 Å². The molecule has 0 spiro atoms. The van der Waals surface area contributed by atoms with Crippen LogP contribution < -0.4 is 0 Å². The lowest BCUT2D eigenvalue weighted by molar-refractivity contribution is -0.138. The van der Waals surface area contributed by atoms with E-state index in [2.05, 4.69) is 5.92 Å². The van der Waals surface area contributed by atoms with Crippen molar-refractivity contribution in [3.63, 3.8) is 0 Å². The monoisotopic (exact) mass is 199 g/mol. The number of nitrogens with zero attached hydrogens (tertiary/aromatic N) is 1. The molecule has 0 aliphatic heterocycles. The molecule has 14 heavy (non-hydrogen) atoms. The predicted octanol–water partition coefficient (Wildman–Crippen LogP) is 0.167. The number of aliphatic carboxylic acids is 1. The van der Waals surface area contributed by atoms with Gasteiger partial charge >= 0.3 is 5.97 Å². The van der Waals surface area contributed by atoms with Crippen LogP contribution in [0.2, 0.25) is 0 Å². The lowest BCUT2D eigenvalue weighted by Crippen LogP contribution is -2.42. The normalized spacial score (nSPS) is 14.8. The van der Waals surface area contributed by atoms with Crippen molar-refractivity contribution in [2.75, 3.05) is 19.6 Å². The molecule has 1 unspecified atom stereocenters. The fourth-order valence-electron chi connectivity index (χ4n) is 1.08. The van der Waals surface area contributed by atoms with E-state index in [-0.39, 0.29) is 19.6 Å². The minimum absolute atomic E-state index is 0.139. The van der Waals surface area contributed by atoms with Crippen LogP contribution in [0.1, 0.15) is 20.3 Å². The second kappa shape index (κ2) is 5.63. The molecule has 0 heterocycles. The summed E-state index contributed by atoms with van der Waals surface area (Å²) in [5.74, 6) is 1.43. The van der Waals surface area contributed by atoms with E-state index in [4.69, 9.17) is 11.5 Å². The third-order valence-corrected chi connectivity index (χ3v) is 2.00. The van der Waals surface area contributed by atoms with Gasteiger partial charge < -0.3 is 10.2 Å². The highest BCUT2D eigenvalue weighted by atomic mass is 16.4. The SMILES string of the molecule is C#CCN(CC(=O)O)CC(C)(O)CC. The van der Waals surface area contributed by atoms with Crippen LogP contribution in [0.15, 0.2) is 0 Å². The first-order chi connectivity index (χ1) is 6.41. The molecule has 2 N–H and O–H groups in total. The van der Waals surface area contributed by atoms with Crippen molar-refractivity contribution in [1.29, 1.82) is 0 Å². The molecule has 0 bridgehead atoms. The van der Waals surface area contributed by atoms with Gasteiger partial charge in [-0.3, -0.25) is 9.69 Å². The van der Waals surface area contributed by atoms with Crippen molar-refractivity contribution >= 4 is 5.97 Å². The molecule has 0 aromatic carbocycles. The van der Waals surface area contributed by atoms with E-state index in [9.17, 15) is 9.90 Å². The van der Waals surface area contributed by atoms with Crippen LogP contribution in [0.4, 0.5) is 0 Å². The maximum Gasteiger partial charge on any atom is 0.317 e. The predicted molar refractivity (Wildman–Crippen MR) is 53.8 cm³/mol. The highest BCUT2D eigenvalue weighted by molar-refractivity contribution is 5.69. The standard InChI is InChI=1S/C10H17NO3/c1-4-6-11(7-9(12)13)8-10(3,14)5-2/h1,14H,5-8H2,2-3H3,(H,12,13). The maximum atomic E-state index is 10.5. The molecule has 80 valence electrons. The van der Waals surface area contributed by atoms with Gasteiger partial charge in [-0.05, 0) is 13.3 Å². The molecular weight excluding hydrogens is 182 g/mol. The lowest BCUT2D eigenvalue weighted by atomic mass is 10.0. The van der Waals surface area contributed by atoms with Crippen molar-refractivity contribution < 1.29 is 15.0 Å². The third-order valence-electron chi connectivity index (χ3n) is 2.00. The number of aliphatic hydroxyl groups is 1. The van der Waals surface area contributed by atoms with E-state index < -0.39 is 11.6 Å². The van der Waals surface area contributed by atoms with E-state index in [1.54, 1.807) is 6.92 Å².